The first-order valence-electron chi connectivity index (χ1n) is 20.3. The second-order valence-electron chi connectivity index (χ2n) is 16.6. The van der Waals surface area contributed by atoms with Gasteiger partial charge in [0.25, 0.3) is 0 Å². The smallest absolute Gasteiger partial charge is 0.317 e. The number of nitrogens with one attached hydrogen (secondary N) is 1. The lowest BCUT2D eigenvalue weighted by molar-refractivity contribution is -0.290. The molecule has 5 rings (SSSR count). The molecule has 0 saturated carbocycles. The molecule has 326 valence electrons. The number of hydrogen-bond donors (Lipinski definition) is 3. The van der Waals surface area contributed by atoms with Crippen molar-refractivity contribution in [3.05, 3.63) is 29.4 Å². The molecule has 5 heterocycles. The van der Waals surface area contributed by atoms with E-state index in [-0.39, 0.29) is 36.6 Å². The Hall–Kier alpha value is -3.94. The zero-order valence-corrected chi connectivity index (χ0v) is 36.6. The van der Waals surface area contributed by atoms with Crippen molar-refractivity contribution in [2.75, 3.05) is 14.2 Å². The number of aliphatic hydroxyl groups excluding tert-OH is 1. The molecule has 3 saturated heterocycles. The Bertz CT molecular complexity index is 1850. The Labute approximate surface area is 349 Å². The summed E-state index contributed by atoms with van der Waals surface area (Å²) >= 11 is 1.26. The van der Waals surface area contributed by atoms with Crippen LogP contribution >= 0.6 is 11.3 Å². The summed E-state index contributed by atoms with van der Waals surface area (Å²) in [5, 5.41) is 28.0. The molecular weight excluding hydrogens is 785 g/mol. The fraction of sp³-hybridized carbons (Fsp3) is 0.707. The van der Waals surface area contributed by atoms with E-state index in [0.29, 0.717) is 22.1 Å². The molecule has 17 nitrogen and oxygen atoms in total. The number of nitrogens with zero attached hydrogens (tertiary/aromatic N) is 4. The third-order valence-corrected chi connectivity index (χ3v) is 13.5. The molecule has 4 N–H and O–H groups in total. The molecule has 18 heteroatoms. The second kappa shape index (κ2) is 18.8. The Morgan fingerprint density at radius 2 is 1.80 bits per heavy atom. The number of methoxy groups -OCH3 is 1. The molecule has 0 aromatic carbocycles. The number of fused-ring (bicyclic) bond motifs is 1. The van der Waals surface area contributed by atoms with E-state index in [1.165, 1.54) is 25.4 Å². The quantitative estimate of drug-likeness (QED) is 0.102. The van der Waals surface area contributed by atoms with E-state index < -0.39 is 95.1 Å². The number of hydrogen-bond acceptors (Lipinski definition) is 17. The number of amidine groups is 1. The number of rotatable bonds is 10. The summed E-state index contributed by atoms with van der Waals surface area (Å²) in [7, 11) is 3.18. The minimum Gasteiger partial charge on any atom is -0.458 e. The fourth-order valence-corrected chi connectivity index (χ4v) is 9.77. The predicted octanol–water partition coefficient (Wildman–Crippen LogP) is 3.78. The normalized spacial score (nSPS) is 38.2. The molecule has 3 aliphatic heterocycles. The summed E-state index contributed by atoms with van der Waals surface area (Å²) in [5.41, 5.74) is 4.32. The molecule has 59 heavy (non-hydrogen) atoms. The van der Waals surface area contributed by atoms with Crippen molar-refractivity contribution in [2.24, 2.45) is 46.4 Å². The molecule has 3 aliphatic rings. The fourth-order valence-electron chi connectivity index (χ4n) is 8.97. The number of carbonyl (C=O) groups excluding carboxylic acids is 4. The van der Waals surface area contributed by atoms with Crippen molar-refractivity contribution in [3.63, 3.8) is 0 Å². The number of esters is 2. The van der Waals surface area contributed by atoms with Gasteiger partial charge in [-0.05, 0) is 73.1 Å². The van der Waals surface area contributed by atoms with Crippen molar-refractivity contribution >= 4 is 40.7 Å². The molecule has 0 amide bonds. The van der Waals surface area contributed by atoms with E-state index in [1.54, 1.807) is 67.8 Å². The number of pyridine rings is 1. The number of aromatic nitrogens is 3. The van der Waals surface area contributed by atoms with Crippen molar-refractivity contribution in [1.29, 1.82) is 0 Å². The Morgan fingerprint density at radius 1 is 1.08 bits per heavy atom. The van der Waals surface area contributed by atoms with Crippen LogP contribution < -0.4 is 11.1 Å². The largest absolute Gasteiger partial charge is 0.458 e. The first-order valence-corrected chi connectivity index (χ1v) is 21.1. The highest BCUT2D eigenvalue weighted by molar-refractivity contribution is 7.14. The number of carbonyl (C=O) groups is 4. The van der Waals surface area contributed by atoms with Crippen LogP contribution in [0.15, 0.2) is 29.6 Å². The van der Waals surface area contributed by atoms with Gasteiger partial charge in [0.15, 0.2) is 39.6 Å². The van der Waals surface area contributed by atoms with Crippen LogP contribution in [0.3, 0.4) is 0 Å². The van der Waals surface area contributed by atoms with Crippen LogP contribution in [0.25, 0.3) is 10.7 Å². The predicted molar refractivity (Wildman–Crippen MR) is 215 cm³/mol. The summed E-state index contributed by atoms with van der Waals surface area (Å²) in [6.45, 7) is 15.1. The van der Waals surface area contributed by atoms with Crippen molar-refractivity contribution in [1.82, 2.24) is 20.5 Å². The average Bonchev–Trinajstić information content (AvgIpc) is 3.83. The molecular formula is C41H60N6O11S. The van der Waals surface area contributed by atoms with Gasteiger partial charge in [-0.1, -0.05) is 50.3 Å². The molecule has 0 spiro atoms. The van der Waals surface area contributed by atoms with Crippen LogP contribution in [-0.4, -0.2) is 112 Å². The van der Waals surface area contributed by atoms with Crippen LogP contribution in [0.4, 0.5) is 0 Å². The number of oxime groups is 1. The van der Waals surface area contributed by atoms with E-state index in [0.717, 1.165) is 0 Å². The van der Waals surface area contributed by atoms with Crippen molar-refractivity contribution < 1.29 is 52.8 Å². The SMILES string of the molecule is CC[C@@H]1OC(=O)[C@H](C)C(=O)[C@H](C)[C@@H](O[C@@H]2O[C@H](C)C[C@H](NC)[C@H]2O)[C@](C)(OC)C[C@@H](C)C(=O)[C@H](C)[C@H]2[C@H](/C(N)=N/O[C@@H](C)c3nnc(-c4ccccn4)s3)C(=O)O[C@@]21C. The van der Waals surface area contributed by atoms with Gasteiger partial charge < -0.3 is 44.7 Å². The van der Waals surface area contributed by atoms with Gasteiger partial charge in [0, 0.05) is 43.0 Å². The van der Waals surface area contributed by atoms with Crippen LogP contribution in [0.5, 0.6) is 0 Å². The maximum Gasteiger partial charge on any atom is 0.317 e. The zero-order valence-electron chi connectivity index (χ0n) is 35.7. The topological polar surface area (TPSA) is 233 Å². The highest BCUT2D eigenvalue weighted by atomic mass is 32.1. The Balaban J connectivity index is 1.50. The van der Waals surface area contributed by atoms with E-state index >= 15 is 0 Å². The first kappa shape index (κ1) is 46.1. The number of nitrogens with two attached hydrogens (primary N) is 1. The number of aliphatic hydroxyl groups is 1. The van der Waals surface area contributed by atoms with E-state index in [1.807, 2.05) is 19.1 Å². The summed E-state index contributed by atoms with van der Waals surface area (Å²) < 4.78 is 30.9. The standard InChI is InChI=1S/C41H60N6O11S/c1-12-27-41(9)29(28(38(52)57-41)34(42)47-58-24(7)35-45-46-36(59-35)25-15-13-14-16-44-25)21(4)30(48)19(2)18-40(8,53-11)33(22(5)31(49)23(6)37(51)55-27)56-39-32(50)26(43-10)17-20(3)54-39/h13-16,19-24,26-29,32-33,39,43,50H,12,17-18H2,1-11H3,(H2,42,47)/t19-,20-,21-,22+,23-,24+,26+,27+,28-,29+,32-,33-,39+,40-,41-/m1/s1. The Kier molecular flexibility index (Phi) is 14.7. The molecule has 3 fully saturated rings. The third kappa shape index (κ3) is 9.37. The lowest BCUT2D eigenvalue weighted by Crippen LogP contribution is -2.59. The first-order chi connectivity index (χ1) is 27.8. The van der Waals surface area contributed by atoms with E-state index in [4.69, 9.17) is 34.3 Å². The van der Waals surface area contributed by atoms with Gasteiger partial charge in [0.05, 0.1) is 17.8 Å². The molecule has 2 aromatic rings. The summed E-state index contributed by atoms with van der Waals surface area (Å²) in [6, 6.07) is 5.08. The molecule has 15 atom stereocenters. The lowest BCUT2D eigenvalue weighted by atomic mass is 9.67. The highest BCUT2D eigenvalue weighted by Gasteiger charge is 2.62. The van der Waals surface area contributed by atoms with Crippen LogP contribution in [0, 0.1) is 35.5 Å². The molecule has 0 aliphatic carbocycles. The van der Waals surface area contributed by atoms with E-state index in [2.05, 4.69) is 25.7 Å². The van der Waals surface area contributed by atoms with Gasteiger partial charge in [-0.2, -0.15) is 0 Å². The summed E-state index contributed by atoms with van der Waals surface area (Å²) in [6.07, 6.45) is -3.08. The number of Topliss-reactive ketones (excluding diaryl/α,β-unsaturated/α-hetero) is 2. The summed E-state index contributed by atoms with van der Waals surface area (Å²) in [4.78, 5) is 67.1. The van der Waals surface area contributed by atoms with Gasteiger partial charge in [0.1, 0.15) is 35.5 Å². The van der Waals surface area contributed by atoms with Crippen LogP contribution in [0.2, 0.25) is 0 Å². The second-order valence-corrected chi connectivity index (χ2v) is 17.6. The van der Waals surface area contributed by atoms with Gasteiger partial charge >= 0.3 is 11.9 Å². The highest BCUT2D eigenvalue weighted by Crippen LogP contribution is 2.48. The summed E-state index contributed by atoms with van der Waals surface area (Å²) in [5.74, 6) is -8.89. The zero-order chi connectivity index (χ0) is 43.6. The minimum absolute atomic E-state index is 0.0499. The van der Waals surface area contributed by atoms with Gasteiger partial charge in [-0.15, -0.1) is 10.2 Å². The lowest BCUT2D eigenvalue weighted by Gasteiger charge is -2.46. The molecule has 0 radical (unpaired) electrons. The van der Waals surface area contributed by atoms with Crippen LogP contribution in [-0.2, 0) is 47.7 Å². The third-order valence-electron chi connectivity index (χ3n) is 12.4. The van der Waals surface area contributed by atoms with Gasteiger partial charge in [-0.3, -0.25) is 24.2 Å². The van der Waals surface area contributed by atoms with Gasteiger partial charge in [0.2, 0.25) is 0 Å². The Morgan fingerprint density at radius 3 is 2.42 bits per heavy atom. The molecule has 0 unspecified atom stereocenters. The van der Waals surface area contributed by atoms with Crippen LogP contribution in [0.1, 0.15) is 92.7 Å². The van der Waals surface area contributed by atoms with Crippen molar-refractivity contribution in [2.45, 2.75) is 136 Å². The maximum absolute atomic E-state index is 14.7. The van der Waals surface area contributed by atoms with Crippen molar-refractivity contribution in [3.8, 4) is 10.7 Å². The molecule has 0 bridgehead atoms. The number of ether oxygens (including phenoxy) is 5. The number of ketones is 2. The average molecular weight is 845 g/mol. The minimum atomic E-state index is -1.58. The number of likely N-dealkylation sites (N-methyl/N-ethyl adjacent to an activating group) is 1. The monoisotopic (exact) mass is 844 g/mol. The maximum atomic E-state index is 14.7. The van der Waals surface area contributed by atoms with E-state index in [9.17, 15) is 24.3 Å². The molecule has 2 aromatic heterocycles. The van der Waals surface area contributed by atoms with Gasteiger partial charge in [-0.25, -0.2) is 0 Å². The number of cyclic esters (lactones) is 1.